The van der Waals surface area contributed by atoms with Gasteiger partial charge in [0.25, 0.3) is 0 Å². The number of carboxylic acid groups (broad SMARTS) is 1. The Morgan fingerprint density at radius 3 is 2.46 bits per heavy atom. The molecule has 1 N–H and O–H groups in total. The van der Waals surface area contributed by atoms with E-state index in [1.54, 1.807) is 4.90 Å². The molecule has 0 aromatic heterocycles. The molecule has 4 nitrogen and oxygen atoms in total. The van der Waals surface area contributed by atoms with Crippen LogP contribution in [0.4, 0.5) is 0 Å². The summed E-state index contributed by atoms with van der Waals surface area (Å²) >= 11 is 0. The minimum Gasteiger partial charge on any atom is -0.480 e. The Bertz CT molecular complexity index is 845. The van der Waals surface area contributed by atoms with Gasteiger partial charge in [0.15, 0.2) is 0 Å². The van der Waals surface area contributed by atoms with Crippen LogP contribution in [0.25, 0.3) is 0 Å². The number of aliphatic carboxylic acids is 1. The van der Waals surface area contributed by atoms with Crippen molar-refractivity contribution in [2.45, 2.75) is 50.6 Å². The van der Waals surface area contributed by atoms with Gasteiger partial charge in [-0.05, 0) is 47.4 Å². The van der Waals surface area contributed by atoms with E-state index in [0.717, 1.165) is 30.4 Å². The average Bonchev–Trinajstić information content (AvgIpc) is 2.67. The highest BCUT2D eigenvalue weighted by Gasteiger charge is 2.35. The molecule has 0 radical (unpaired) electrons. The van der Waals surface area contributed by atoms with E-state index in [9.17, 15) is 14.7 Å². The van der Waals surface area contributed by atoms with Gasteiger partial charge in [-0.25, -0.2) is 4.79 Å². The Morgan fingerprint density at radius 1 is 1.00 bits per heavy atom. The number of hydrogen-bond donors (Lipinski definition) is 1. The maximum atomic E-state index is 13.1. The standard InChI is InChI=1S/C22H23NO3/c24-21(13-17-10-5-9-15-6-3-4-11-19(15)17)23-14-18-8-2-1-7-16(18)12-20(23)22(25)26/h1-4,6-8,11,17,20H,5,9-10,12-14H2,(H,25,26). The summed E-state index contributed by atoms with van der Waals surface area (Å²) < 4.78 is 0. The van der Waals surface area contributed by atoms with Crippen LogP contribution in [0.5, 0.6) is 0 Å². The summed E-state index contributed by atoms with van der Waals surface area (Å²) in [7, 11) is 0. The molecule has 4 heteroatoms. The first-order chi connectivity index (χ1) is 12.6. The van der Waals surface area contributed by atoms with E-state index in [1.807, 2.05) is 36.4 Å². The summed E-state index contributed by atoms with van der Waals surface area (Å²) in [5, 5.41) is 9.65. The van der Waals surface area contributed by atoms with Crippen molar-refractivity contribution < 1.29 is 14.7 Å². The highest BCUT2D eigenvalue weighted by molar-refractivity contribution is 5.85. The van der Waals surface area contributed by atoms with E-state index < -0.39 is 12.0 Å². The predicted molar refractivity (Wildman–Crippen MR) is 98.9 cm³/mol. The van der Waals surface area contributed by atoms with Gasteiger partial charge in [-0.2, -0.15) is 0 Å². The molecule has 4 rings (SSSR count). The van der Waals surface area contributed by atoms with Crippen molar-refractivity contribution in [1.29, 1.82) is 0 Å². The molecule has 2 atom stereocenters. The molecular formula is C22H23NO3. The third-order valence-electron chi connectivity index (χ3n) is 5.77. The van der Waals surface area contributed by atoms with Gasteiger partial charge < -0.3 is 10.0 Å². The van der Waals surface area contributed by atoms with E-state index >= 15 is 0 Å². The molecule has 2 aliphatic rings. The number of amides is 1. The molecule has 2 unspecified atom stereocenters. The minimum atomic E-state index is -0.920. The maximum Gasteiger partial charge on any atom is 0.326 e. The van der Waals surface area contributed by atoms with Crippen LogP contribution in [0.3, 0.4) is 0 Å². The molecule has 2 aromatic rings. The molecular weight excluding hydrogens is 326 g/mol. The smallest absolute Gasteiger partial charge is 0.326 e. The normalized spacial score (nSPS) is 21.6. The fraction of sp³-hybridized carbons (Fsp3) is 0.364. The van der Waals surface area contributed by atoms with Gasteiger partial charge in [0.2, 0.25) is 5.91 Å². The van der Waals surface area contributed by atoms with Crippen LogP contribution in [0.15, 0.2) is 48.5 Å². The number of carboxylic acids is 1. The third-order valence-corrected chi connectivity index (χ3v) is 5.77. The van der Waals surface area contributed by atoms with Gasteiger partial charge in [-0.15, -0.1) is 0 Å². The van der Waals surface area contributed by atoms with Crippen molar-refractivity contribution in [2.75, 3.05) is 0 Å². The number of fused-ring (bicyclic) bond motifs is 2. The highest BCUT2D eigenvalue weighted by atomic mass is 16.4. The van der Waals surface area contributed by atoms with E-state index in [-0.39, 0.29) is 11.8 Å². The summed E-state index contributed by atoms with van der Waals surface area (Å²) in [5.74, 6) is -0.774. The van der Waals surface area contributed by atoms with E-state index in [4.69, 9.17) is 0 Å². The number of nitrogens with zero attached hydrogens (tertiary/aromatic N) is 1. The molecule has 1 aliphatic carbocycles. The second-order valence-corrected chi connectivity index (χ2v) is 7.34. The fourth-order valence-corrected chi connectivity index (χ4v) is 4.40. The van der Waals surface area contributed by atoms with E-state index in [2.05, 4.69) is 12.1 Å². The van der Waals surface area contributed by atoms with Gasteiger partial charge in [0.05, 0.1) is 0 Å². The van der Waals surface area contributed by atoms with Crippen molar-refractivity contribution in [3.63, 3.8) is 0 Å². The second kappa shape index (κ2) is 6.94. The summed E-state index contributed by atoms with van der Waals surface area (Å²) in [4.78, 5) is 26.4. The minimum absolute atomic E-state index is 0.0476. The second-order valence-electron chi connectivity index (χ2n) is 7.34. The number of carbonyl (C=O) groups excluding carboxylic acids is 1. The van der Waals surface area contributed by atoms with Crippen molar-refractivity contribution in [3.05, 3.63) is 70.8 Å². The topological polar surface area (TPSA) is 57.6 Å². The first-order valence-electron chi connectivity index (χ1n) is 9.30. The summed E-state index contributed by atoms with van der Waals surface area (Å²) in [6.45, 7) is 0.389. The van der Waals surface area contributed by atoms with Crippen LogP contribution in [0, 0.1) is 0 Å². The van der Waals surface area contributed by atoms with Crippen LogP contribution >= 0.6 is 0 Å². The number of rotatable bonds is 3. The SMILES string of the molecule is O=C(O)C1Cc2ccccc2CN1C(=O)CC1CCCc2ccccc21. The summed E-state index contributed by atoms with van der Waals surface area (Å²) in [6.07, 6.45) is 3.92. The maximum absolute atomic E-state index is 13.1. The Kier molecular flexibility index (Phi) is 4.49. The number of hydrogen-bond acceptors (Lipinski definition) is 2. The Morgan fingerprint density at radius 2 is 1.69 bits per heavy atom. The number of benzene rings is 2. The van der Waals surface area contributed by atoms with Crippen LogP contribution < -0.4 is 0 Å². The lowest BCUT2D eigenvalue weighted by Crippen LogP contribution is -2.49. The van der Waals surface area contributed by atoms with Crippen molar-refractivity contribution >= 4 is 11.9 Å². The molecule has 1 aliphatic heterocycles. The van der Waals surface area contributed by atoms with Gasteiger partial charge >= 0.3 is 5.97 Å². The molecule has 0 fully saturated rings. The highest BCUT2D eigenvalue weighted by Crippen LogP contribution is 2.35. The van der Waals surface area contributed by atoms with Crippen LogP contribution in [-0.4, -0.2) is 27.9 Å². The molecule has 0 saturated carbocycles. The summed E-state index contributed by atoms with van der Waals surface area (Å²) in [5.41, 5.74) is 4.68. The molecule has 0 saturated heterocycles. The predicted octanol–water partition coefficient (Wildman–Crippen LogP) is 3.53. The van der Waals surface area contributed by atoms with Crippen LogP contribution in [0.1, 0.15) is 47.4 Å². The van der Waals surface area contributed by atoms with Crippen LogP contribution in [-0.2, 0) is 29.0 Å². The Hall–Kier alpha value is -2.62. The van der Waals surface area contributed by atoms with Crippen molar-refractivity contribution in [1.82, 2.24) is 4.90 Å². The van der Waals surface area contributed by atoms with Crippen LogP contribution in [0.2, 0.25) is 0 Å². The Balaban J connectivity index is 1.57. The average molecular weight is 349 g/mol. The molecule has 0 spiro atoms. The van der Waals surface area contributed by atoms with Gasteiger partial charge in [0.1, 0.15) is 6.04 Å². The summed E-state index contributed by atoms with van der Waals surface area (Å²) in [6, 6.07) is 15.4. The molecule has 1 heterocycles. The lowest BCUT2D eigenvalue weighted by molar-refractivity contribution is -0.151. The number of aryl methyl sites for hydroxylation is 1. The van der Waals surface area contributed by atoms with E-state index in [1.165, 1.54) is 11.1 Å². The van der Waals surface area contributed by atoms with Gasteiger partial charge in [0, 0.05) is 19.4 Å². The zero-order valence-corrected chi connectivity index (χ0v) is 14.7. The lowest BCUT2D eigenvalue weighted by Gasteiger charge is -2.36. The lowest BCUT2D eigenvalue weighted by atomic mass is 9.80. The zero-order valence-electron chi connectivity index (χ0n) is 14.7. The Labute approximate surface area is 153 Å². The quantitative estimate of drug-likeness (QED) is 0.922. The first-order valence-corrected chi connectivity index (χ1v) is 9.30. The molecule has 26 heavy (non-hydrogen) atoms. The van der Waals surface area contributed by atoms with Crippen molar-refractivity contribution in [3.8, 4) is 0 Å². The van der Waals surface area contributed by atoms with E-state index in [0.29, 0.717) is 19.4 Å². The molecule has 134 valence electrons. The third kappa shape index (κ3) is 3.12. The fourth-order valence-electron chi connectivity index (χ4n) is 4.40. The molecule has 2 aromatic carbocycles. The van der Waals surface area contributed by atoms with Gasteiger partial charge in [-0.1, -0.05) is 48.5 Å². The number of carbonyl (C=O) groups is 2. The monoisotopic (exact) mass is 349 g/mol. The zero-order chi connectivity index (χ0) is 18.1. The largest absolute Gasteiger partial charge is 0.480 e. The van der Waals surface area contributed by atoms with Crippen molar-refractivity contribution in [2.24, 2.45) is 0 Å². The first kappa shape index (κ1) is 16.8. The molecule has 1 amide bonds. The molecule has 0 bridgehead atoms. The van der Waals surface area contributed by atoms with Gasteiger partial charge in [-0.3, -0.25) is 4.79 Å².